The van der Waals surface area contributed by atoms with E-state index in [1.807, 2.05) is 6.92 Å². The number of halogens is 2. The molecule has 0 spiro atoms. The minimum Gasteiger partial charge on any atom is -0.338 e. The van der Waals surface area contributed by atoms with Crippen molar-refractivity contribution in [3.8, 4) is 5.82 Å². The van der Waals surface area contributed by atoms with E-state index in [-0.39, 0.29) is 18.5 Å². The molecule has 5 rings (SSSR count). The second-order valence-corrected chi connectivity index (χ2v) is 8.52. The van der Waals surface area contributed by atoms with Crippen molar-refractivity contribution in [2.75, 3.05) is 18.0 Å². The molecule has 3 aromatic rings. The lowest BCUT2D eigenvalue weighted by molar-refractivity contribution is 0.0486. The number of nitrogens with zero attached hydrogens (tertiary/aromatic N) is 8. The minimum atomic E-state index is -1.21. The third-order valence-electron chi connectivity index (χ3n) is 5.86. The summed E-state index contributed by atoms with van der Waals surface area (Å²) in [5.41, 5.74) is 0.439. The Morgan fingerprint density at radius 2 is 1.91 bits per heavy atom. The number of aryl methyl sites for hydroxylation is 1. The molecule has 4 heterocycles. The van der Waals surface area contributed by atoms with Gasteiger partial charge in [-0.15, -0.1) is 0 Å². The van der Waals surface area contributed by atoms with Gasteiger partial charge < -0.3 is 9.80 Å². The first kappa shape index (κ1) is 20.7. The molecule has 9 nitrogen and oxygen atoms in total. The molecule has 32 heavy (non-hydrogen) atoms. The lowest BCUT2D eigenvalue weighted by atomic mass is 10.00. The first-order chi connectivity index (χ1) is 15.5. The van der Waals surface area contributed by atoms with Crippen LogP contribution in [0.2, 0.25) is 5.02 Å². The monoisotopic (exact) mass is 456 g/mol. The molecule has 1 saturated heterocycles. The number of carbonyl (C=O) groups is 1. The largest absolute Gasteiger partial charge is 0.338 e. The van der Waals surface area contributed by atoms with Crippen LogP contribution in [0.1, 0.15) is 35.4 Å². The Balaban J connectivity index is 1.32. The van der Waals surface area contributed by atoms with E-state index in [0.29, 0.717) is 41.1 Å². The molecule has 0 radical (unpaired) electrons. The maximum atomic E-state index is 15.3. The number of alkyl halides is 1. The Bertz CT molecular complexity index is 1100. The van der Waals surface area contributed by atoms with Gasteiger partial charge in [-0.1, -0.05) is 11.6 Å². The van der Waals surface area contributed by atoms with E-state index >= 15 is 4.39 Å². The van der Waals surface area contributed by atoms with Crippen molar-refractivity contribution in [3.05, 3.63) is 53.5 Å². The zero-order valence-corrected chi connectivity index (χ0v) is 18.2. The maximum Gasteiger partial charge on any atom is 0.256 e. The fourth-order valence-corrected chi connectivity index (χ4v) is 4.20. The highest BCUT2D eigenvalue weighted by Crippen LogP contribution is 2.34. The highest BCUT2D eigenvalue weighted by molar-refractivity contribution is 6.30. The molecule has 1 aliphatic heterocycles. The number of hydrogen-bond acceptors (Lipinski definition) is 7. The van der Waals surface area contributed by atoms with Crippen LogP contribution in [0.15, 0.2) is 37.1 Å². The molecule has 0 aromatic carbocycles. The molecular weight excluding hydrogens is 435 g/mol. The first-order valence-electron chi connectivity index (χ1n) is 10.5. The van der Waals surface area contributed by atoms with E-state index in [9.17, 15) is 4.79 Å². The van der Waals surface area contributed by atoms with E-state index in [1.165, 1.54) is 24.9 Å². The molecule has 2 aliphatic rings. The summed E-state index contributed by atoms with van der Waals surface area (Å²) in [7, 11) is 0. The lowest BCUT2D eigenvalue weighted by Crippen LogP contribution is -2.55. The molecule has 0 bridgehead atoms. The molecule has 1 amide bonds. The predicted octanol–water partition coefficient (Wildman–Crippen LogP) is 2.64. The standard InChI is InChI=1S/C21H22ClFN8O/c1-13-27-12-28-31(13)19-5-2-14(8-24-19)20(32)30(16-3-4-16)18-6-7-29(11-17(18)23)21-25-9-15(22)10-26-21/h2,5,8-10,12,16-18H,3-4,6-7,11H2,1H3. The van der Waals surface area contributed by atoms with E-state index in [1.54, 1.807) is 26.6 Å². The van der Waals surface area contributed by atoms with Crippen LogP contribution < -0.4 is 4.90 Å². The highest BCUT2D eigenvalue weighted by Gasteiger charge is 2.43. The van der Waals surface area contributed by atoms with Crippen LogP contribution in [0.4, 0.5) is 10.3 Å². The van der Waals surface area contributed by atoms with Crippen LogP contribution in [0.5, 0.6) is 0 Å². The Morgan fingerprint density at radius 1 is 1.12 bits per heavy atom. The van der Waals surface area contributed by atoms with Gasteiger partial charge in [0.25, 0.3) is 5.91 Å². The normalized spacial score (nSPS) is 20.9. The van der Waals surface area contributed by atoms with Gasteiger partial charge >= 0.3 is 0 Å². The minimum absolute atomic E-state index is 0.0707. The van der Waals surface area contributed by atoms with Crippen molar-refractivity contribution in [3.63, 3.8) is 0 Å². The van der Waals surface area contributed by atoms with Gasteiger partial charge in [0.1, 0.15) is 18.3 Å². The SMILES string of the molecule is Cc1ncnn1-c1ccc(C(=O)N(C2CC2)C2CCN(c3ncc(Cl)cn3)CC2F)cn1. The Hall–Kier alpha value is -3.14. The molecule has 3 aromatic heterocycles. The Kier molecular flexibility index (Phi) is 5.46. The van der Waals surface area contributed by atoms with Crippen LogP contribution in [-0.2, 0) is 0 Å². The number of anilines is 1. The smallest absolute Gasteiger partial charge is 0.256 e. The van der Waals surface area contributed by atoms with Crippen LogP contribution in [0.3, 0.4) is 0 Å². The maximum absolute atomic E-state index is 15.3. The Labute approximate surface area is 189 Å². The molecule has 2 fully saturated rings. The summed E-state index contributed by atoms with van der Waals surface area (Å²) in [6, 6.07) is 3.02. The third-order valence-corrected chi connectivity index (χ3v) is 6.05. The summed E-state index contributed by atoms with van der Waals surface area (Å²) in [6.45, 7) is 2.52. The quantitative estimate of drug-likeness (QED) is 0.582. The van der Waals surface area contributed by atoms with E-state index in [2.05, 4.69) is 25.0 Å². The molecule has 0 N–H and O–H groups in total. The van der Waals surface area contributed by atoms with Crippen LogP contribution >= 0.6 is 11.6 Å². The van der Waals surface area contributed by atoms with E-state index < -0.39 is 12.2 Å². The number of rotatable bonds is 5. The zero-order chi connectivity index (χ0) is 22.2. The molecule has 2 atom stereocenters. The van der Waals surface area contributed by atoms with Gasteiger partial charge in [0.05, 0.1) is 35.6 Å². The molecule has 11 heteroatoms. The van der Waals surface area contributed by atoms with Gasteiger partial charge in [-0.05, 0) is 38.3 Å². The Morgan fingerprint density at radius 3 is 2.50 bits per heavy atom. The molecule has 1 aliphatic carbocycles. The fraction of sp³-hybridized carbons (Fsp3) is 0.429. The van der Waals surface area contributed by atoms with Gasteiger partial charge in [0.2, 0.25) is 5.95 Å². The van der Waals surface area contributed by atoms with E-state index in [0.717, 1.165) is 12.8 Å². The van der Waals surface area contributed by atoms with Crippen molar-refractivity contribution >= 4 is 23.5 Å². The number of carbonyl (C=O) groups excluding carboxylic acids is 1. The van der Waals surface area contributed by atoms with Crippen LogP contribution in [0, 0.1) is 6.92 Å². The molecule has 166 valence electrons. The number of piperidine rings is 1. The fourth-order valence-electron chi connectivity index (χ4n) is 4.11. The topological polar surface area (TPSA) is 92.9 Å². The van der Waals surface area contributed by atoms with Gasteiger partial charge in [-0.3, -0.25) is 4.79 Å². The highest BCUT2D eigenvalue weighted by atomic mass is 35.5. The van der Waals surface area contributed by atoms with Crippen molar-refractivity contribution in [1.82, 2.24) is 34.6 Å². The van der Waals surface area contributed by atoms with Crippen molar-refractivity contribution in [2.45, 2.75) is 44.4 Å². The van der Waals surface area contributed by atoms with E-state index in [4.69, 9.17) is 11.6 Å². The summed E-state index contributed by atoms with van der Waals surface area (Å²) in [6.07, 6.45) is 7.05. The van der Waals surface area contributed by atoms with Crippen LogP contribution in [-0.4, -0.2) is 71.9 Å². The number of aromatic nitrogens is 6. The summed E-state index contributed by atoms with van der Waals surface area (Å²) in [5, 5.41) is 4.56. The van der Waals surface area contributed by atoms with Gasteiger partial charge in [-0.25, -0.2) is 24.3 Å². The second-order valence-electron chi connectivity index (χ2n) is 8.09. The van der Waals surface area contributed by atoms with Crippen molar-refractivity contribution in [1.29, 1.82) is 0 Å². The number of amides is 1. The van der Waals surface area contributed by atoms with Gasteiger partial charge in [0.15, 0.2) is 5.82 Å². The number of hydrogen-bond donors (Lipinski definition) is 0. The molecule has 1 saturated carbocycles. The summed E-state index contributed by atoms with van der Waals surface area (Å²) < 4.78 is 16.9. The summed E-state index contributed by atoms with van der Waals surface area (Å²) >= 11 is 5.85. The lowest BCUT2D eigenvalue weighted by Gasteiger charge is -2.41. The second kappa shape index (κ2) is 8.42. The number of pyridine rings is 1. The molecular formula is C21H22ClFN8O. The summed E-state index contributed by atoms with van der Waals surface area (Å²) in [4.78, 5) is 33.7. The van der Waals surface area contributed by atoms with Gasteiger partial charge in [-0.2, -0.15) is 9.78 Å². The predicted molar refractivity (Wildman–Crippen MR) is 116 cm³/mol. The molecule has 2 unspecified atom stereocenters. The van der Waals surface area contributed by atoms with Crippen molar-refractivity contribution < 1.29 is 9.18 Å². The van der Waals surface area contributed by atoms with Crippen LogP contribution in [0.25, 0.3) is 5.82 Å². The van der Waals surface area contributed by atoms with Crippen molar-refractivity contribution in [2.24, 2.45) is 0 Å². The average molecular weight is 457 g/mol. The van der Waals surface area contributed by atoms with Gasteiger partial charge in [0, 0.05) is 18.8 Å². The first-order valence-corrected chi connectivity index (χ1v) is 10.9. The average Bonchev–Trinajstić information content (AvgIpc) is 3.55. The zero-order valence-electron chi connectivity index (χ0n) is 17.5. The summed E-state index contributed by atoms with van der Waals surface area (Å²) in [5.74, 6) is 1.54. The third kappa shape index (κ3) is 4.02.